The molecule has 3 heteroatoms. The minimum Gasteiger partial charge on any atom is -0.308 e. The fourth-order valence-electron chi connectivity index (χ4n) is 4.27. The maximum Gasteiger partial charge on any atom is 0.0620 e. The van der Waals surface area contributed by atoms with Crippen molar-refractivity contribution in [3.8, 4) is 0 Å². The molecule has 2 aromatic heterocycles. The van der Waals surface area contributed by atoms with Crippen molar-refractivity contribution < 1.29 is 0 Å². The molecule has 0 unspecified atom stereocenters. The number of pyridine rings is 1. The van der Waals surface area contributed by atoms with E-state index in [4.69, 9.17) is 0 Å². The second-order valence-corrected chi connectivity index (χ2v) is 8.36. The molecule has 0 atom stereocenters. The van der Waals surface area contributed by atoms with Crippen molar-refractivity contribution in [1.29, 1.82) is 0 Å². The van der Waals surface area contributed by atoms with Gasteiger partial charge in [0.05, 0.1) is 16.6 Å². The number of hydrogen-bond donors (Lipinski definition) is 0. The third kappa shape index (κ3) is 1.73. The van der Waals surface area contributed by atoms with Crippen LogP contribution in [0.25, 0.3) is 48.9 Å². The third-order valence-electron chi connectivity index (χ3n) is 5.20. The van der Waals surface area contributed by atoms with Crippen molar-refractivity contribution >= 4 is 80.7 Å². The Balaban J connectivity index is 2.12. The summed E-state index contributed by atoms with van der Waals surface area (Å²) in [5.74, 6) is 0. The van der Waals surface area contributed by atoms with Gasteiger partial charge in [0.15, 0.2) is 0 Å². The van der Waals surface area contributed by atoms with Gasteiger partial charge in [-0.3, -0.25) is 0 Å². The highest BCUT2D eigenvalue weighted by Crippen LogP contribution is 2.42. The topological polar surface area (TPSA) is 4.41 Å². The molecule has 0 saturated heterocycles. The first kappa shape index (κ1) is 14.1. The van der Waals surface area contributed by atoms with Crippen LogP contribution in [0.1, 0.15) is 0 Å². The minimum atomic E-state index is 1.11. The highest BCUT2D eigenvalue weighted by molar-refractivity contribution is 9.10. The van der Waals surface area contributed by atoms with Crippen molar-refractivity contribution in [3.05, 3.63) is 75.7 Å². The molecule has 0 N–H and O–H groups in total. The zero-order chi connectivity index (χ0) is 16.7. The molecule has 0 saturated carbocycles. The van der Waals surface area contributed by atoms with Gasteiger partial charge in [0.25, 0.3) is 0 Å². The van der Waals surface area contributed by atoms with Crippen molar-refractivity contribution in [2.45, 2.75) is 0 Å². The van der Waals surface area contributed by atoms with E-state index in [0.717, 1.165) is 8.95 Å². The molecule has 0 amide bonds. The van der Waals surface area contributed by atoms with Crippen LogP contribution in [0, 0.1) is 0 Å². The highest BCUT2D eigenvalue weighted by Gasteiger charge is 2.17. The summed E-state index contributed by atoms with van der Waals surface area (Å²) in [6, 6.07) is 24.2. The zero-order valence-corrected chi connectivity index (χ0v) is 16.2. The Bertz CT molecular complexity index is 1450. The average molecular weight is 449 g/mol. The molecule has 1 nitrogen and oxygen atoms in total. The molecule has 0 aliphatic heterocycles. The van der Waals surface area contributed by atoms with Crippen LogP contribution >= 0.6 is 31.9 Å². The number of nitrogens with zero attached hydrogens (tertiary/aromatic N) is 1. The van der Waals surface area contributed by atoms with E-state index in [2.05, 4.69) is 103 Å². The molecular formula is C22H11Br2N. The third-order valence-corrected chi connectivity index (χ3v) is 6.15. The Labute approximate surface area is 160 Å². The first-order valence-electron chi connectivity index (χ1n) is 8.18. The maximum atomic E-state index is 3.73. The smallest absolute Gasteiger partial charge is 0.0620 e. The van der Waals surface area contributed by atoms with Crippen LogP contribution in [0.5, 0.6) is 0 Å². The van der Waals surface area contributed by atoms with Gasteiger partial charge in [-0.1, -0.05) is 62.2 Å². The number of hydrogen-bond acceptors (Lipinski definition) is 0. The van der Waals surface area contributed by atoms with Crippen LogP contribution in [0.15, 0.2) is 75.7 Å². The SMILES string of the molecule is Brc1ccc2c(c1)c1cc(Br)cc3c4cccc5cccc(c54)n2c31. The van der Waals surface area contributed by atoms with Crippen LogP contribution < -0.4 is 0 Å². The van der Waals surface area contributed by atoms with E-state index in [-0.39, 0.29) is 0 Å². The normalized spacial score (nSPS) is 12.4. The lowest BCUT2D eigenvalue weighted by Crippen LogP contribution is -1.92. The average Bonchev–Trinajstić information content (AvgIpc) is 2.93. The molecule has 0 radical (unpaired) electrons. The monoisotopic (exact) mass is 447 g/mol. The standard InChI is InChI=1S/C22H11Br2N/c23-13-7-8-19-16(9-13)18-11-14(24)10-17-15-5-1-3-12-4-2-6-20(21(12)15)25(19)22(17)18/h1-11H. The number of rotatable bonds is 0. The van der Waals surface area contributed by atoms with Gasteiger partial charge in [0, 0.05) is 30.5 Å². The van der Waals surface area contributed by atoms with Gasteiger partial charge in [-0.05, 0) is 47.2 Å². The van der Waals surface area contributed by atoms with Crippen LogP contribution in [0.4, 0.5) is 0 Å². The van der Waals surface area contributed by atoms with E-state index in [1.165, 1.54) is 48.9 Å². The van der Waals surface area contributed by atoms with Gasteiger partial charge >= 0.3 is 0 Å². The van der Waals surface area contributed by atoms with Crippen LogP contribution in [0.3, 0.4) is 0 Å². The first-order chi connectivity index (χ1) is 12.2. The lowest BCUT2D eigenvalue weighted by Gasteiger charge is -2.13. The first-order valence-corrected chi connectivity index (χ1v) is 9.77. The molecular weight excluding hydrogens is 438 g/mol. The summed E-state index contributed by atoms with van der Waals surface area (Å²) in [6.45, 7) is 0. The highest BCUT2D eigenvalue weighted by atomic mass is 79.9. The number of halogens is 2. The summed E-state index contributed by atoms with van der Waals surface area (Å²) in [4.78, 5) is 0. The van der Waals surface area contributed by atoms with Gasteiger partial charge in [-0.15, -0.1) is 0 Å². The van der Waals surface area contributed by atoms with Gasteiger partial charge in [0.2, 0.25) is 0 Å². The molecule has 0 spiro atoms. The predicted octanol–water partition coefficient (Wildman–Crippen LogP) is 7.51. The Morgan fingerprint density at radius 1 is 0.600 bits per heavy atom. The quantitative estimate of drug-likeness (QED) is 0.167. The van der Waals surface area contributed by atoms with E-state index in [9.17, 15) is 0 Å². The molecule has 118 valence electrons. The van der Waals surface area contributed by atoms with Crippen molar-refractivity contribution in [2.24, 2.45) is 0 Å². The fourth-order valence-corrected chi connectivity index (χ4v) is 5.09. The maximum absolute atomic E-state index is 3.73. The Kier molecular flexibility index (Phi) is 2.68. The van der Waals surface area contributed by atoms with E-state index in [0.29, 0.717) is 0 Å². The second kappa shape index (κ2) is 4.75. The minimum absolute atomic E-state index is 1.11. The molecule has 25 heavy (non-hydrogen) atoms. The summed E-state index contributed by atoms with van der Waals surface area (Å²) in [5, 5.41) is 7.78. The van der Waals surface area contributed by atoms with E-state index < -0.39 is 0 Å². The van der Waals surface area contributed by atoms with Gasteiger partial charge in [0.1, 0.15) is 0 Å². The molecule has 0 aliphatic rings. The van der Waals surface area contributed by atoms with E-state index in [1.807, 2.05) is 0 Å². The Morgan fingerprint density at radius 3 is 2.16 bits per heavy atom. The van der Waals surface area contributed by atoms with Crippen LogP contribution in [0.2, 0.25) is 0 Å². The molecule has 0 fully saturated rings. The second-order valence-electron chi connectivity index (χ2n) is 6.53. The van der Waals surface area contributed by atoms with Crippen LogP contribution in [-0.4, -0.2) is 4.40 Å². The fraction of sp³-hybridized carbons (Fsp3) is 0. The molecule has 0 bridgehead atoms. The van der Waals surface area contributed by atoms with Crippen molar-refractivity contribution in [1.82, 2.24) is 4.40 Å². The largest absolute Gasteiger partial charge is 0.308 e. The van der Waals surface area contributed by atoms with Gasteiger partial charge in [-0.25, -0.2) is 0 Å². The van der Waals surface area contributed by atoms with Crippen molar-refractivity contribution in [3.63, 3.8) is 0 Å². The summed E-state index contributed by atoms with van der Waals surface area (Å²) in [5.41, 5.74) is 3.81. The lowest BCUT2D eigenvalue weighted by molar-refractivity contribution is 1.35. The number of benzene rings is 4. The Morgan fingerprint density at radius 2 is 1.32 bits per heavy atom. The molecule has 0 aliphatic carbocycles. The summed E-state index contributed by atoms with van der Waals surface area (Å²) >= 11 is 7.37. The zero-order valence-electron chi connectivity index (χ0n) is 13.1. The number of fused-ring (bicyclic) bond motifs is 5. The summed E-state index contributed by atoms with van der Waals surface area (Å²) < 4.78 is 4.65. The molecule has 4 aromatic carbocycles. The predicted molar refractivity (Wildman–Crippen MR) is 114 cm³/mol. The van der Waals surface area contributed by atoms with Crippen molar-refractivity contribution in [2.75, 3.05) is 0 Å². The Hall–Kier alpha value is -2.10. The molecule has 2 heterocycles. The van der Waals surface area contributed by atoms with Crippen LogP contribution in [-0.2, 0) is 0 Å². The lowest BCUT2D eigenvalue weighted by atomic mass is 9.99. The molecule has 6 aromatic rings. The molecule has 6 rings (SSSR count). The summed E-state index contributed by atoms with van der Waals surface area (Å²) in [6.07, 6.45) is 0. The summed E-state index contributed by atoms with van der Waals surface area (Å²) in [7, 11) is 0. The van der Waals surface area contributed by atoms with Gasteiger partial charge in [-0.2, -0.15) is 0 Å². The van der Waals surface area contributed by atoms with Gasteiger partial charge < -0.3 is 4.40 Å². The number of aromatic nitrogens is 1. The van der Waals surface area contributed by atoms with E-state index in [1.54, 1.807) is 0 Å². The van der Waals surface area contributed by atoms with E-state index >= 15 is 0 Å².